The molecular weight excluding hydrogens is 284 g/mol. The molecule has 0 saturated carbocycles. The maximum absolute atomic E-state index is 11.8. The molecule has 0 rings (SSSR count). The van der Waals surface area contributed by atoms with Crippen LogP contribution in [0.4, 0.5) is 0 Å². The Bertz CT molecular complexity index is 317. The van der Waals surface area contributed by atoms with Crippen molar-refractivity contribution in [3.8, 4) is 0 Å². The lowest BCUT2D eigenvalue weighted by Crippen LogP contribution is -2.60. The molecule has 2 N–H and O–H groups in total. The van der Waals surface area contributed by atoms with Crippen LogP contribution in [0.5, 0.6) is 0 Å². The number of hydrogen-bond acceptors (Lipinski definition) is 5. The van der Waals surface area contributed by atoms with Gasteiger partial charge in [0.15, 0.2) is 0 Å². The van der Waals surface area contributed by atoms with Crippen LogP contribution in [0, 0.1) is 0 Å². The summed E-state index contributed by atoms with van der Waals surface area (Å²) in [6, 6.07) is 0. The molecule has 0 saturated heterocycles. The number of carbonyl (C=O) groups is 2. The number of hydrogen-bond donors (Lipinski definition) is 2. The summed E-state index contributed by atoms with van der Waals surface area (Å²) in [4.78, 5) is 22.9. The monoisotopic (exact) mass is 308 g/mol. The van der Waals surface area contributed by atoms with Crippen molar-refractivity contribution in [2.75, 3.05) is 19.8 Å². The Morgan fingerprint density at radius 1 is 0.950 bits per heavy atom. The highest BCUT2D eigenvalue weighted by atomic mass is 28.4. The van der Waals surface area contributed by atoms with Crippen molar-refractivity contribution in [2.24, 2.45) is 0 Å². The highest BCUT2D eigenvalue weighted by Crippen LogP contribution is 2.47. The van der Waals surface area contributed by atoms with Crippen molar-refractivity contribution in [3.05, 3.63) is 0 Å². The van der Waals surface area contributed by atoms with Gasteiger partial charge < -0.3 is 23.5 Å². The van der Waals surface area contributed by atoms with Gasteiger partial charge in [0.05, 0.1) is 6.42 Å². The second kappa shape index (κ2) is 8.35. The van der Waals surface area contributed by atoms with Crippen LogP contribution in [-0.2, 0) is 22.9 Å². The molecule has 0 aromatic carbocycles. The Hall–Kier alpha value is -0.963. The van der Waals surface area contributed by atoms with E-state index in [9.17, 15) is 14.7 Å². The second-order valence-corrected chi connectivity index (χ2v) is 7.10. The minimum absolute atomic E-state index is 0.0564. The van der Waals surface area contributed by atoms with Crippen LogP contribution in [0.25, 0.3) is 0 Å². The average Bonchev–Trinajstić information content (AvgIpc) is 2.36. The second-order valence-electron chi connectivity index (χ2n) is 4.17. The lowest BCUT2D eigenvalue weighted by molar-refractivity contribution is -0.150. The highest BCUT2D eigenvalue weighted by Gasteiger charge is 2.66. The molecule has 0 heterocycles. The third-order valence-corrected chi connectivity index (χ3v) is 6.98. The number of aliphatic carboxylic acids is 2. The summed E-state index contributed by atoms with van der Waals surface area (Å²) in [6.45, 7) is 7.28. The first-order valence-corrected chi connectivity index (χ1v) is 8.45. The molecule has 7 nitrogen and oxygen atoms in total. The Morgan fingerprint density at radius 3 is 1.55 bits per heavy atom. The summed E-state index contributed by atoms with van der Waals surface area (Å²) in [5, 5.41) is 17.0. The van der Waals surface area contributed by atoms with Crippen molar-refractivity contribution >= 4 is 20.7 Å². The van der Waals surface area contributed by atoms with E-state index in [1.165, 1.54) is 0 Å². The van der Waals surface area contributed by atoms with E-state index in [2.05, 4.69) is 0 Å². The van der Waals surface area contributed by atoms with Crippen LogP contribution < -0.4 is 0 Å². The molecule has 0 aliphatic heterocycles. The van der Waals surface area contributed by atoms with E-state index in [1.54, 1.807) is 27.7 Å². The van der Waals surface area contributed by atoms with Gasteiger partial charge in [-0.25, -0.2) is 0 Å². The lowest BCUT2D eigenvalue weighted by Gasteiger charge is -2.41. The molecule has 0 radical (unpaired) electrons. The van der Waals surface area contributed by atoms with Gasteiger partial charge in [-0.05, 0) is 27.2 Å². The molecule has 118 valence electrons. The van der Waals surface area contributed by atoms with Gasteiger partial charge in [0.25, 0.3) is 0 Å². The summed E-state index contributed by atoms with van der Waals surface area (Å²) in [5.74, 6) is -2.48. The SMILES string of the molecule is CCO[Si](OCC)(OCC)C(CC)(CC(=O)O)C(=O)O. The summed E-state index contributed by atoms with van der Waals surface area (Å²) < 4.78 is 16.7. The largest absolute Gasteiger partial charge is 0.519 e. The Labute approximate surface area is 120 Å². The van der Waals surface area contributed by atoms with E-state index in [-0.39, 0.29) is 26.2 Å². The van der Waals surface area contributed by atoms with Crippen LogP contribution in [-0.4, -0.2) is 50.8 Å². The van der Waals surface area contributed by atoms with Crippen LogP contribution in [0.15, 0.2) is 0 Å². The van der Waals surface area contributed by atoms with E-state index in [1.807, 2.05) is 0 Å². The highest BCUT2D eigenvalue weighted by molar-refractivity contribution is 6.68. The molecule has 1 unspecified atom stereocenters. The first-order valence-electron chi connectivity index (χ1n) is 6.72. The van der Waals surface area contributed by atoms with Crippen molar-refractivity contribution < 1.29 is 33.1 Å². The molecule has 0 aromatic heterocycles. The quantitative estimate of drug-likeness (QED) is 0.560. The number of rotatable bonds is 11. The molecule has 0 amide bonds. The molecule has 0 aliphatic rings. The lowest BCUT2D eigenvalue weighted by atomic mass is 10.0. The third kappa shape index (κ3) is 3.78. The standard InChI is InChI=1S/C12H24O7Si/c1-5-12(11(15)16,9-10(13)14)20(17-6-2,18-7-3)19-8-4/h5-9H2,1-4H3,(H,13,14)(H,15,16). The minimum atomic E-state index is -3.68. The van der Waals surface area contributed by atoms with Crippen molar-refractivity contribution in [2.45, 2.75) is 45.6 Å². The molecule has 8 heteroatoms. The Morgan fingerprint density at radius 2 is 1.35 bits per heavy atom. The van der Waals surface area contributed by atoms with Gasteiger partial charge >= 0.3 is 20.7 Å². The zero-order valence-electron chi connectivity index (χ0n) is 12.5. The van der Waals surface area contributed by atoms with E-state index in [0.29, 0.717) is 0 Å². The van der Waals surface area contributed by atoms with Gasteiger partial charge in [-0.15, -0.1) is 0 Å². The van der Waals surface area contributed by atoms with E-state index in [4.69, 9.17) is 18.4 Å². The molecule has 0 spiro atoms. The van der Waals surface area contributed by atoms with E-state index in [0.717, 1.165) is 0 Å². The van der Waals surface area contributed by atoms with E-state index >= 15 is 0 Å². The zero-order valence-corrected chi connectivity index (χ0v) is 13.5. The third-order valence-electron chi connectivity index (χ3n) is 3.06. The molecule has 20 heavy (non-hydrogen) atoms. The van der Waals surface area contributed by atoms with Crippen molar-refractivity contribution in [3.63, 3.8) is 0 Å². The maximum Gasteiger partial charge on any atom is 0.519 e. The van der Waals surface area contributed by atoms with Gasteiger partial charge in [-0.2, -0.15) is 0 Å². The Balaban J connectivity index is 5.92. The predicted octanol–water partition coefficient (Wildman–Crippen LogP) is 1.74. The van der Waals surface area contributed by atoms with Crippen molar-refractivity contribution in [1.29, 1.82) is 0 Å². The topological polar surface area (TPSA) is 102 Å². The Kier molecular flexibility index (Phi) is 7.95. The molecule has 0 fully saturated rings. The smallest absolute Gasteiger partial charge is 0.481 e. The zero-order chi connectivity index (χ0) is 15.8. The first-order chi connectivity index (χ1) is 9.35. The molecule has 0 aliphatic carbocycles. The molecular formula is C12H24O7Si. The van der Waals surface area contributed by atoms with Crippen LogP contribution >= 0.6 is 0 Å². The van der Waals surface area contributed by atoms with E-state index < -0.39 is 32.2 Å². The number of carboxylic acid groups (broad SMARTS) is 2. The van der Waals surface area contributed by atoms with Gasteiger partial charge in [0, 0.05) is 19.8 Å². The predicted molar refractivity (Wildman–Crippen MR) is 73.5 cm³/mol. The van der Waals surface area contributed by atoms with Gasteiger partial charge in [-0.1, -0.05) is 6.92 Å². The van der Waals surface area contributed by atoms with Crippen LogP contribution in [0.1, 0.15) is 40.5 Å². The van der Waals surface area contributed by atoms with Gasteiger partial charge in [0.1, 0.15) is 5.04 Å². The summed E-state index contributed by atoms with van der Waals surface area (Å²) >= 11 is 0. The first kappa shape index (κ1) is 19.0. The molecule has 0 bridgehead atoms. The minimum Gasteiger partial charge on any atom is -0.481 e. The maximum atomic E-state index is 11.8. The number of carboxylic acids is 2. The fourth-order valence-corrected chi connectivity index (χ4v) is 5.46. The van der Waals surface area contributed by atoms with Gasteiger partial charge in [0.2, 0.25) is 0 Å². The van der Waals surface area contributed by atoms with Crippen molar-refractivity contribution in [1.82, 2.24) is 0 Å². The summed E-state index contributed by atoms with van der Waals surface area (Å²) in [7, 11) is -3.68. The molecule has 1 atom stereocenters. The van der Waals surface area contributed by atoms with Crippen LogP contribution in [0.3, 0.4) is 0 Å². The van der Waals surface area contributed by atoms with Crippen LogP contribution in [0.2, 0.25) is 5.04 Å². The average molecular weight is 308 g/mol. The normalized spacial score (nSPS) is 14.8. The summed E-state index contributed by atoms with van der Waals surface area (Å²) in [5.41, 5.74) is 0. The summed E-state index contributed by atoms with van der Waals surface area (Å²) in [6.07, 6.45) is -0.536. The molecule has 0 aromatic rings. The fraction of sp³-hybridized carbons (Fsp3) is 0.833. The fourth-order valence-electron chi connectivity index (χ4n) is 2.18. The van der Waals surface area contributed by atoms with Gasteiger partial charge in [-0.3, -0.25) is 9.59 Å².